The van der Waals surface area contributed by atoms with Gasteiger partial charge in [-0.25, -0.2) is 17.8 Å². The summed E-state index contributed by atoms with van der Waals surface area (Å²) >= 11 is 7.11. The van der Waals surface area contributed by atoms with E-state index in [0.29, 0.717) is 15.8 Å². The number of ether oxygens (including phenoxy) is 1. The number of nitrogens with zero attached hydrogens (tertiary/aromatic N) is 2. The van der Waals surface area contributed by atoms with Gasteiger partial charge in [-0.1, -0.05) is 23.7 Å². The molecule has 0 unspecified atom stereocenters. The van der Waals surface area contributed by atoms with Crippen LogP contribution in [-0.4, -0.2) is 49.9 Å². The minimum absolute atomic E-state index is 0.0106. The van der Waals surface area contributed by atoms with Crippen molar-refractivity contribution in [2.45, 2.75) is 4.90 Å². The van der Waals surface area contributed by atoms with Gasteiger partial charge in [-0.2, -0.15) is 4.31 Å². The first-order valence-electron chi connectivity index (χ1n) is 9.25. The lowest BCUT2D eigenvalue weighted by atomic mass is 10.2. The number of halogens is 2. The van der Waals surface area contributed by atoms with Gasteiger partial charge in [-0.15, -0.1) is 11.3 Å². The van der Waals surface area contributed by atoms with E-state index in [2.05, 4.69) is 10.3 Å². The molecule has 1 aliphatic rings. The molecule has 0 bridgehead atoms. The number of thiazole rings is 1. The number of rotatable bonds is 5. The molecular weight excluding hydrogens is 465 g/mol. The van der Waals surface area contributed by atoms with Crippen LogP contribution in [0.2, 0.25) is 5.02 Å². The normalized spacial score (nSPS) is 15.0. The van der Waals surface area contributed by atoms with Crippen molar-refractivity contribution in [3.05, 3.63) is 64.2 Å². The highest BCUT2D eigenvalue weighted by Gasteiger charge is 2.29. The molecule has 11 heteroatoms. The topological polar surface area (TPSA) is 88.6 Å². The van der Waals surface area contributed by atoms with Crippen LogP contribution in [0.3, 0.4) is 0 Å². The number of hydrogen-bond donors (Lipinski definition) is 1. The lowest BCUT2D eigenvalue weighted by Gasteiger charge is -2.26. The summed E-state index contributed by atoms with van der Waals surface area (Å²) in [6.07, 6.45) is 0. The second kappa shape index (κ2) is 9.01. The van der Waals surface area contributed by atoms with Crippen molar-refractivity contribution in [2.24, 2.45) is 0 Å². The second-order valence-corrected chi connectivity index (χ2v) is 9.86. The van der Waals surface area contributed by atoms with Crippen molar-refractivity contribution in [1.29, 1.82) is 0 Å². The maximum Gasteiger partial charge on any atom is 0.257 e. The molecule has 4 rings (SSSR count). The summed E-state index contributed by atoms with van der Waals surface area (Å²) in [5.74, 6) is -1.50. The molecule has 1 aliphatic heterocycles. The Kier molecular flexibility index (Phi) is 6.35. The Morgan fingerprint density at radius 3 is 2.58 bits per heavy atom. The molecule has 162 valence electrons. The summed E-state index contributed by atoms with van der Waals surface area (Å²) in [4.78, 5) is 16.5. The van der Waals surface area contributed by atoms with Crippen LogP contribution in [0.5, 0.6) is 0 Å². The molecule has 0 saturated carbocycles. The first-order valence-corrected chi connectivity index (χ1v) is 11.9. The number of sulfonamides is 1. The fourth-order valence-electron chi connectivity index (χ4n) is 3.02. The third-order valence-electron chi connectivity index (χ3n) is 4.65. The first kappa shape index (κ1) is 21.8. The molecule has 2 aromatic carbocycles. The van der Waals surface area contributed by atoms with E-state index in [1.807, 2.05) is 12.1 Å². The van der Waals surface area contributed by atoms with E-state index in [1.54, 1.807) is 17.5 Å². The van der Waals surface area contributed by atoms with Crippen LogP contribution in [0.25, 0.3) is 11.3 Å². The van der Waals surface area contributed by atoms with Crippen LogP contribution in [0.1, 0.15) is 10.4 Å². The van der Waals surface area contributed by atoms with Crippen molar-refractivity contribution in [3.63, 3.8) is 0 Å². The lowest BCUT2D eigenvalue weighted by molar-refractivity contribution is 0.0729. The Hall–Kier alpha value is -2.37. The van der Waals surface area contributed by atoms with Crippen LogP contribution in [0.4, 0.5) is 9.52 Å². The number of benzene rings is 2. The van der Waals surface area contributed by atoms with Crippen molar-refractivity contribution in [3.8, 4) is 11.3 Å². The zero-order valence-electron chi connectivity index (χ0n) is 16.0. The van der Waals surface area contributed by atoms with Crippen molar-refractivity contribution < 1.29 is 22.3 Å². The monoisotopic (exact) mass is 481 g/mol. The summed E-state index contributed by atoms with van der Waals surface area (Å²) in [5, 5.41) is 5.34. The number of carbonyl (C=O) groups excluding carboxylic acids is 1. The molecule has 0 aliphatic carbocycles. The highest BCUT2D eigenvalue weighted by Crippen LogP contribution is 2.27. The molecule has 2 heterocycles. The van der Waals surface area contributed by atoms with E-state index in [4.69, 9.17) is 16.3 Å². The Balaban J connectivity index is 1.54. The van der Waals surface area contributed by atoms with E-state index in [-0.39, 0.29) is 31.9 Å². The Morgan fingerprint density at radius 1 is 1.16 bits per heavy atom. The van der Waals surface area contributed by atoms with Crippen LogP contribution in [-0.2, 0) is 14.8 Å². The van der Waals surface area contributed by atoms with Crippen LogP contribution in [0.15, 0.2) is 52.7 Å². The number of nitrogens with one attached hydrogen (secondary N) is 1. The molecule has 1 saturated heterocycles. The zero-order valence-corrected chi connectivity index (χ0v) is 18.4. The van der Waals surface area contributed by atoms with Gasteiger partial charge < -0.3 is 4.74 Å². The molecular formula is C20H17ClFN3O4S2. The Bertz CT molecular complexity index is 1210. The summed E-state index contributed by atoms with van der Waals surface area (Å²) in [7, 11) is -4.08. The smallest absolute Gasteiger partial charge is 0.257 e. The van der Waals surface area contributed by atoms with Gasteiger partial charge in [0.2, 0.25) is 10.0 Å². The fraction of sp³-hybridized carbons (Fsp3) is 0.200. The molecule has 3 aromatic rings. The highest BCUT2D eigenvalue weighted by atomic mass is 35.5. The van der Waals surface area contributed by atoms with E-state index >= 15 is 0 Å². The Labute approximate surface area is 187 Å². The number of carbonyl (C=O) groups is 1. The van der Waals surface area contributed by atoms with Gasteiger partial charge in [-0.3, -0.25) is 10.1 Å². The number of amides is 1. The molecule has 1 aromatic heterocycles. The Morgan fingerprint density at radius 2 is 1.87 bits per heavy atom. The maximum absolute atomic E-state index is 14.3. The number of aromatic nitrogens is 1. The molecule has 0 spiro atoms. The summed E-state index contributed by atoms with van der Waals surface area (Å²) in [5.41, 5.74) is 1.50. The van der Waals surface area contributed by atoms with E-state index < -0.39 is 26.6 Å². The molecule has 31 heavy (non-hydrogen) atoms. The largest absolute Gasteiger partial charge is 0.379 e. The standard InChI is InChI=1S/C20H17ClFN3O4S2/c21-15-4-1-13(2-5-15)17-12-30-20(23-17)24-19(26)14-3-6-16(22)18(11-14)31(27,28)25-7-9-29-10-8-25/h1-6,11-12H,7-10H2,(H,23,24,26). The average Bonchev–Trinajstić information content (AvgIpc) is 3.23. The van der Waals surface area contributed by atoms with Crippen molar-refractivity contribution >= 4 is 44.0 Å². The molecule has 1 fully saturated rings. The van der Waals surface area contributed by atoms with Crippen LogP contribution < -0.4 is 5.32 Å². The highest BCUT2D eigenvalue weighted by molar-refractivity contribution is 7.89. The van der Waals surface area contributed by atoms with Crippen molar-refractivity contribution in [1.82, 2.24) is 9.29 Å². The van der Waals surface area contributed by atoms with Gasteiger partial charge in [-0.05, 0) is 30.3 Å². The van der Waals surface area contributed by atoms with E-state index in [9.17, 15) is 17.6 Å². The molecule has 1 amide bonds. The quantitative estimate of drug-likeness (QED) is 0.597. The lowest BCUT2D eigenvalue weighted by Crippen LogP contribution is -2.41. The van der Waals surface area contributed by atoms with Gasteiger partial charge in [0.25, 0.3) is 5.91 Å². The third kappa shape index (κ3) is 4.78. The van der Waals surface area contributed by atoms with Crippen LogP contribution in [0, 0.1) is 5.82 Å². The minimum atomic E-state index is -4.08. The van der Waals surface area contributed by atoms with Crippen LogP contribution >= 0.6 is 22.9 Å². The second-order valence-electron chi connectivity index (χ2n) is 6.66. The summed E-state index contributed by atoms with van der Waals surface area (Å²) in [6, 6.07) is 10.4. The number of anilines is 1. The van der Waals surface area contributed by atoms with E-state index in [1.165, 1.54) is 17.4 Å². The third-order valence-corrected chi connectivity index (χ3v) is 7.57. The molecule has 0 atom stereocenters. The van der Waals surface area contributed by atoms with Gasteiger partial charge in [0.1, 0.15) is 10.7 Å². The number of morpholine rings is 1. The predicted octanol–water partition coefficient (Wildman–Crippen LogP) is 3.88. The summed E-state index contributed by atoms with van der Waals surface area (Å²) in [6.45, 7) is 0.734. The molecule has 0 radical (unpaired) electrons. The zero-order chi connectivity index (χ0) is 22.0. The van der Waals surface area contributed by atoms with Gasteiger partial charge in [0.05, 0.1) is 18.9 Å². The van der Waals surface area contributed by atoms with Gasteiger partial charge >= 0.3 is 0 Å². The minimum Gasteiger partial charge on any atom is -0.379 e. The molecule has 1 N–H and O–H groups in total. The predicted molar refractivity (Wildman–Crippen MR) is 116 cm³/mol. The molecule has 7 nitrogen and oxygen atoms in total. The van der Waals surface area contributed by atoms with E-state index in [0.717, 1.165) is 22.0 Å². The maximum atomic E-state index is 14.3. The SMILES string of the molecule is O=C(Nc1nc(-c2ccc(Cl)cc2)cs1)c1ccc(F)c(S(=O)(=O)N2CCOCC2)c1. The van der Waals surface area contributed by atoms with Gasteiger partial charge in [0, 0.05) is 34.6 Å². The summed E-state index contributed by atoms with van der Waals surface area (Å²) < 4.78 is 46.3. The average molecular weight is 482 g/mol. The first-order chi connectivity index (χ1) is 14.8. The van der Waals surface area contributed by atoms with Gasteiger partial charge in [0.15, 0.2) is 5.13 Å². The fourth-order valence-corrected chi connectivity index (χ4v) is 5.36. The van der Waals surface area contributed by atoms with Crippen molar-refractivity contribution in [2.75, 3.05) is 31.6 Å². The number of hydrogen-bond acceptors (Lipinski definition) is 6.